The number of methoxy groups -OCH3 is 1. The number of allylic oxidation sites excluding steroid dienone is 2. The zero-order chi connectivity index (χ0) is 24.2. The minimum absolute atomic E-state index is 0.575. The molecule has 0 bridgehead atoms. The van der Waals surface area contributed by atoms with Gasteiger partial charge in [0.1, 0.15) is 11.6 Å². The number of nitrogens with one attached hydrogen (secondary N) is 2. The topological polar surface area (TPSA) is 46.8 Å². The number of H-pyrrole nitrogens is 1. The Balaban J connectivity index is 1.24. The lowest BCUT2D eigenvalue weighted by atomic mass is 9.87. The molecule has 0 radical (unpaired) electrons. The average Bonchev–Trinajstić information content (AvgIpc) is 3.31. The van der Waals surface area contributed by atoms with Crippen molar-refractivity contribution in [2.45, 2.75) is 6.42 Å². The van der Waals surface area contributed by atoms with Crippen LogP contribution in [0.5, 0.6) is 5.75 Å². The van der Waals surface area contributed by atoms with Crippen LogP contribution in [-0.4, -0.2) is 93.2 Å². The van der Waals surface area contributed by atoms with Crippen LogP contribution >= 0.6 is 0 Å². The summed E-state index contributed by atoms with van der Waals surface area (Å²) in [5, 5.41) is 3.61. The second-order valence-electron chi connectivity index (χ2n) is 10.2. The SMILES string of the molecule is COc1ccccc1-c1c[nH]c2c1C=C(C1=CC=CC(CN3CCN(CCN(C)C)CC3)C1)CN2. The van der Waals surface area contributed by atoms with Crippen molar-refractivity contribution in [3.8, 4) is 16.9 Å². The number of benzene rings is 1. The average molecular weight is 474 g/mol. The molecule has 0 amide bonds. The van der Waals surface area contributed by atoms with Gasteiger partial charge in [-0.3, -0.25) is 4.90 Å². The summed E-state index contributed by atoms with van der Waals surface area (Å²) in [5.41, 5.74) is 6.35. The quantitative estimate of drug-likeness (QED) is 0.602. The summed E-state index contributed by atoms with van der Waals surface area (Å²) >= 11 is 0. The maximum absolute atomic E-state index is 5.63. The largest absolute Gasteiger partial charge is 0.496 e. The third-order valence-corrected chi connectivity index (χ3v) is 7.49. The summed E-state index contributed by atoms with van der Waals surface area (Å²) in [7, 11) is 6.05. The Morgan fingerprint density at radius 1 is 1.03 bits per heavy atom. The van der Waals surface area contributed by atoms with E-state index in [-0.39, 0.29) is 0 Å². The molecule has 0 spiro atoms. The van der Waals surface area contributed by atoms with Gasteiger partial charge in [0.05, 0.1) is 7.11 Å². The number of aromatic amines is 1. The van der Waals surface area contributed by atoms with Gasteiger partial charge < -0.3 is 24.8 Å². The maximum Gasteiger partial charge on any atom is 0.126 e. The van der Waals surface area contributed by atoms with Crippen molar-refractivity contribution in [3.63, 3.8) is 0 Å². The highest BCUT2D eigenvalue weighted by Crippen LogP contribution is 2.39. The zero-order valence-electron chi connectivity index (χ0n) is 21.4. The zero-order valence-corrected chi connectivity index (χ0v) is 21.4. The van der Waals surface area contributed by atoms with Gasteiger partial charge in [-0.15, -0.1) is 0 Å². The fourth-order valence-corrected chi connectivity index (χ4v) is 5.42. The van der Waals surface area contributed by atoms with Crippen LogP contribution in [0.25, 0.3) is 17.2 Å². The van der Waals surface area contributed by atoms with Gasteiger partial charge in [-0.25, -0.2) is 0 Å². The summed E-state index contributed by atoms with van der Waals surface area (Å²) in [5.74, 6) is 2.56. The minimum atomic E-state index is 0.575. The highest BCUT2D eigenvalue weighted by molar-refractivity contribution is 5.87. The van der Waals surface area contributed by atoms with Crippen molar-refractivity contribution in [1.29, 1.82) is 0 Å². The molecule has 2 N–H and O–H groups in total. The van der Waals surface area contributed by atoms with Gasteiger partial charge >= 0.3 is 0 Å². The predicted octanol–water partition coefficient (Wildman–Crippen LogP) is 4.18. The number of rotatable bonds is 8. The second kappa shape index (κ2) is 10.9. The van der Waals surface area contributed by atoms with Crippen LogP contribution < -0.4 is 10.1 Å². The maximum atomic E-state index is 5.63. The molecule has 6 nitrogen and oxygen atoms in total. The summed E-state index contributed by atoms with van der Waals surface area (Å²) in [6.45, 7) is 9.05. The molecule has 3 heterocycles. The molecule has 5 rings (SSSR count). The molecule has 1 aromatic heterocycles. The van der Waals surface area contributed by atoms with Gasteiger partial charge in [0.15, 0.2) is 0 Å². The van der Waals surface area contributed by atoms with Gasteiger partial charge in [-0.2, -0.15) is 0 Å². The fourth-order valence-electron chi connectivity index (χ4n) is 5.42. The number of hydrogen-bond acceptors (Lipinski definition) is 5. The van der Waals surface area contributed by atoms with Crippen molar-refractivity contribution in [3.05, 3.63) is 65.4 Å². The Morgan fingerprint density at radius 3 is 2.63 bits per heavy atom. The van der Waals surface area contributed by atoms with E-state index in [1.807, 2.05) is 12.1 Å². The van der Waals surface area contributed by atoms with Gasteiger partial charge in [0.2, 0.25) is 0 Å². The first-order chi connectivity index (χ1) is 17.1. The lowest BCUT2D eigenvalue weighted by Gasteiger charge is -2.37. The van der Waals surface area contributed by atoms with E-state index in [0.29, 0.717) is 5.92 Å². The van der Waals surface area contributed by atoms with E-state index >= 15 is 0 Å². The van der Waals surface area contributed by atoms with E-state index in [1.54, 1.807) is 7.11 Å². The van der Waals surface area contributed by atoms with Crippen LogP contribution in [-0.2, 0) is 0 Å². The highest BCUT2D eigenvalue weighted by atomic mass is 16.5. The molecule has 2 aliphatic heterocycles. The lowest BCUT2D eigenvalue weighted by molar-refractivity contribution is 0.117. The molecule has 1 fully saturated rings. The van der Waals surface area contributed by atoms with Crippen molar-refractivity contribution >= 4 is 11.9 Å². The van der Waals surface area contributed by atoms with Crippen LogP contribution in [0.4, 0.5) is 5.82 Å². The van der Waals surface area contributed by atoms with Gasteiger partial charge in [0.25, 0.3) is 0 Å². The van der Waals surface area contributed by atoms with E-state index in [4.69, 9.17) is 4.74 Å². The Kier molecular flexibility index (Phi) is 7.42. The molecule has 1 aromatic carbocycles. The highest BCUT2D eigenvalue weighted by Gasteiger charge is 2.24. The molecular weight excluding hydrogens is 434 g/mol. The van der Waals surface area contributed by atoms with Crippen LogP contribution in [0.15, 0.2) is 59.8 Å². The van der Waals surface area contributed by atoms with Crippen LogP contribution in [0.3, 0.4) is 0 Å². The summed E-state index contributed by atoms with van der Waals surface area (Å²) in [6, 6.07) is 8.24. The van der Waals surface area contributed by atoms with Gasteiger partial charge in [-0.05, 0) is 49.7 Å². The number of fused-ring (bicyclic) bond motifs is 1. The number of ether oxygens (including phenoxy) is 1. The van der Waals surface area contributed by atoms with E-state index in [2.05, 4.69) is 81.7 Å². The monoisotopic (exact) mass is 473 g/mol. The Hall–Kier alpha value is -2.80. The minimum Gasteiger partial charge on any atom is -0.496 e. The number of para-hydroxylation sites is 1. The third kappa shape index (κ3) is 5.56. The van der Waals surface area contributed by atoms with E-state index in [0.717, 1.165) is 43.2 Å². The molecule has 1 saturated heterocycles. The molecule has 2 aromatic rings. The number of aromatic nitrogens is 1. The summed E-state index contributed by atoms with van der Waals surface area (Å²) < 4.78 is 5.63. The number of likely N-dealkylation sites (N-methyl/N-ethyl adjacent to an activating group) is 1. The number of piperazine rings is 1. The van der Waals surface area contributed by atoms with Crippen molar-refractivity contribution in [2.24, 2.45) is 5.92 Å². The van der Waals surface area contributed by atoms with Crippen LogP contribution in [0.1, 0.15) is 12.0 Å². The molecule has 6 heteroatoms. The summed E-state index contributed by atoms with van der Waals surface area (Å²) in [4.78, 5) is 11.0. The first kappa shape index (κ1) is 23.9. The molecule has 35 heavy (non-hydrogen) atoms. The van der Waals surface area contributed by atoms with E-state index < -0.39 is 0 Å². The Bertz CT molecular complexity index is 1100. The van der Waals surface area contributed by atoms with Crippen LogP contribution in [0, 0.1) is 5.92 Å². The number of anilines is 1. The Labute approximate surface area is 209 Å². The smallest absolute Gasteiger partial charge is 0.126 e. The lowest BCUT2D eigenvalue weighted by Crippen LogP contribution is -2.49. The van der Waals surface area contributed by atoms with E-state index in [1.165, 1.54) is 55.0 Å². The number of nitrogens with zero attached hydrogens (tertiary/aromatic N) is 3. The molecule has 0 saturated carbocycles. The Morgan fingerprint density at radius 2 is 1.83 bits per heavy atom. The van der Waals surface area contributed by atoms with Crippen molar-refractivity contribution < 1.29 is 4.74 Å². The fraction of sp³-hybridized carbons (Fsp3) is 0.448. The number of hydrogen-bond donors (Lipinski definition) is 2. The first-order valence-corrected chi connectivity index (χ1v) is 12.9. The second-order valence-corrected chi connectivity index (χ2v) is 10.2. The van der Waals surface area contributed by atoms with E-state index in [9.17, 15) is 0 Å². The molecular formula is C29H39N5O. The van der Waals surface area contributed by atoms with Gasteiger partial charge in [0, 0.05) is 75.2 Å². The van der Waals surface area contributed by atoms with Crippen molar-refractivity contribution in [1.82, 2.24) is 19.7 Å². The molecule has 1 atom stereocenters. The molecule has 1 unspecified atom stereocenters. The molecule has 186 valence electrons. The van der Waals surface area contributed by atoms with Crippen LogP contribution in [0.2, 0.25) is 0 Å². The van der Waals surface area contributed by atoms with Gasteiger partial charge in [-0.1, -0.05) is 36.4 Å². The van der Waals surface area contributed by atoms with Crippen molar-refractivity contribution in [2.75, 3.05) is 78.9 Å². The normalized spacial score (nSPS) is 20.9. The first-order valence-electron chi connectivity index (χ1n) is 12.9. The third-order valence-electron chi connectivity index (χ3n) is 7.49. The molecule has 1 aliphatic carbocycles. The molecule has 3 aliphatic rings. The standard InChI is InChI=1S/C29H39N5O/c1-32(2)11-12-33-13-15-34(16-14-33)21-22-7-6-8-23(17-22)24-18-26-27(20-31-29(26)30-19-24)25-9-4-5-10-28(25)35-3/h4-10,18,20,22,30-31H,11-17,19,21H2,1-3H3. The predicted molar refractivity (Wildman–Crippen MR) is 146 cm³/mol. The summed E-state index contributed by atoms with van der Waals surface area (Å²) in [6.07, 6.45) is 12.5.